The molecule has 1 amide bonds. The minimum atomic E-state index is -0.446. The monoisotopic (exact) mass is 341 g/mol. The number of carbonyl (C=O) groups excluding carboxylic acids is 1. The normalized spacial score (nSPS) is 18.2. The van der Waals surface area contributed by atoms with Crippen molar-refractivity contribution in [3.05, 3.63) is 36.5 Å². The first-order chi connectivity index (χ1) is 11.9. The maximum atomic E-state index is 12.3. The molecule has 3 rings (SSSR count). The molecule has 0 saturated carbocycles. The minimum Gasteiger partial charge on any atom is -0.444 e. The van der Waals surface area contributed by atoms with Gasteiger partial charge in [0.1, 0.15) is 5.60 Å². The Balaban J connectivity index is 1.60. The first-order valence-electron chi connectivity index (χ1n) is 8.98. The Kier molecular flexibility index (Phi) is 5.11. The van der Waals surface area contributed by atoms with Crippen molar-refractivity contribution in [2.75, 3.05) is 25.0 Å². The molecule has 5 heteroatoms. The molecule has 0 aliphatic carbocycles. The number of aromatic nitrogens is 1. The van der Waals surface area contributed by atoms with Crippen LogP contribution in [0.5, 0.6) is 0 Å². The van der Waals surface area contributed by atoms with Crippen LogP contribution < -0.4 is 5.32 Å². The van der Waals surface area contributed by atoms with Gasteiger partial charge in [-0.1, -0.05) is 6.07 Å². The molecular formula is C20H27N3O2. The van der Waals surface area contributed by atoms with Gasteiger partial charge < -0.3 is 15.0 Å². The van der Waals surface area contributed by atoms with E-state index >= 15 is 0 Å². The number of nitrogens with zero attached hydrogens (tertiary/aromatic N) is 2. The summed E-state index contributed by atoms with van der Waals surface area (Å²) in [5, 5.41) is 4.68. The van der Waals surface area contributed by atoms with Crippen LogP contribution in [-0.4, -0.2) is 41.2 Å². The summed E-state index contributed by atoms with van der Waals surface area (Å²) in [5.41, 5.74) is 1.64. The van der Waals surface area contributed by atoms with Crippen molar-refractivity contribution in [2.24, 2.45) is 5.92 Å². The van der Waals surface area contributed by atoms with Gasteiger partial charge in [0.05, 0.1) is 5.52 Å². The van der Waals surface area contributed by atoms with Crippen LogP contribution in [0.15, 0.2) is 36.5 Å². The van der Waals surface area contributed by atoms with Crippen LogP contribution in [0.1, 0.15) is 33.6 Å². The second-order valence-corrected chi connectivity index (χ2v) is 7.69. The number of hydrogen-bond donors (Lipinski definition) is 1. The fraction of sp³-hybridized carbons (Fsp3) is 0.500. The molecule has 1 N–H and O–H groups in total. The van der Waals surface area contributed by atoms with Crippen LogP contribution >= 0.6 is 0 Å². The van der Waals surface area contributed by atoms with Crippen LogP contribution in [-0.2, 0) is 4.74 Å². The van der Waals surface area contributed by atoms with Gasteiger partial charge in [-0.25, -0.2) is 4.79 Å². The summed E-state index contributed by atoms with van der Waals surface area (Å²) in [6, 6.07) is 10.2. The number of amides is 1. The van der Waals surface area contributed by atoms with E-state index in [0.717, 1.165) is 49.1 Å². The summed E-state index contributed by atoms with van der Waals surface area (Å²) in [6.07, 6.45) is 3.75. The van der Waals surface area contributed by atoms with Crippen molar-refractivity contribution in [3.8, 4) is 0 Å². The average Bonchev–Trinajstić information content (AvgIpc) is 2.59. The third-order valence-corrected chi connectivity index (χ3v) is 4.40. The first-order valence-corrected chi connectivity index (χ1v) is 8.98. The highest BCUT2D eigenvalue weighted by Gasteiger charge is 2.27. The number of nitrogens with one attached hydrogen (secondary N) is 1. The number of carbonyl (C=O) groups is 1. The molecule has 134 valence electrons. The van der Waals surface area contributed by atoms with Crippen molar-refractivity contribution < 1.29 is 9.53 Å². The Bertz CT molecular complexity index is 734. The van der Waals surface area contributed by atoms with Gasteiger partial charge >= 0.3 is 6.09 Å². The standard InChI is InChI=1S/C20H27N3O2/c1-20(2,3)25-19(24)23-12-6-7-15(14-23)13-22-18-10-4-9-17-16(18)8-5-11-21-17/h4-5,8-11,15,22H,6-7,12-14H2,1-3H3. The summed E-state index contributed by atoms with van der Waals surface area (Å²) in [6.45, 7) is 8.08. The Morgan fingerprint density at radius 2 is 2.16 bits per heavy atom. The van der Waals surface area contributed by atoms with Gasteiger partial charge in [-0.05, 0) is 63.8 Å². The predicted molar refractivity (Wildman–Crippen MR) is 101 cm³/mol. The average molecular weight is 341 g/mol. The number of likely N-dealkylation sites (tertiary alicyclic amines) is 1. The SMILES string of the molecule is CC(C)(C)OC(=O)N1CCCC(CNc2cccc3ncccc23)C1. The molecule has 1 atom stereocenters. The number of piperidine rings is 1. The Morgan fingerprint density at radius 3 is 2.96 bits per heavy atom. The van der Waals surface area contributed by atoms with Gasteiger partial charge in [0.25, 0.3) is 0 Å². The van der Waals surface area contributed by atoms with Gasteiger partial charge in [0.15, 0.2) is 0 Å². The van der Waals surface area contributed by atoms with E-state index in [4.69, 9.17) is 4.74 Å². The largest absolute Gasteiger partial charge is 0.444 e. The van der Waals surface area contributed by atoms with E-state index in [0.29, 0.717) is 5.92 Å². The number of hydrogen-bond acceptors (Lipinski definition) is 4. The molecule has 2 heterocycles. The number of fused-ring (bicyclic) bond motifs is 1. The molecule has 1 unspecified atom stereocenters. The van der Waals surface area contributed by atoms with Crippen molar-refractivity contribution in [3.63, 3.8) is 0 Å². The van der Waals surface area contributed by atoms with Crippen molar-refractivity contribution in [2.45, 2.75) is 39.2 Å². The second kappa shape index (κ2) is 7.30. The summed E-state index contributed by atoms with van der Waals surface area (Å²) < 4.78 is 5.50. The molecule has 1 saturated heterocycles. The van der Waals surface area contributed by atoms with Crippen LogP contribution in [0.3, 0.4) is 0 Å². The molecule has 25 heavy (non-hydrogen) atoms. The summed E-state index contributed by atoms with van der Waals surface area (Å²) in [7, 11) is 0. The molecule has 1 aliphatic heterocycles. The van der Waals surface area contributed by atoms with E-state index in [-0.39, 0.29) is 6.09 Å². The minimum absolute atomic E-state index is 0.202. The van der Waals surface area contributed by atoms with E-state index in [1.807, 2.05) is 50.1 Å². The molecule has 0 radical (unpaired) electrons. The summed E-state index contributed by atoms with van der Waals surface area (Å²) >= 11 is 0. The van der Waals surface area contributed by atoms with E-state index in [2.05, 4.69) is 22.4 Å². The molecule has 1 aromatic heterocycles. The van der Waals surface area contributed by atoms with Crippen molar-refractivity contribution >= 4 is 22.7 Å². The molecule has 0 bridgehead atoms. The third kappa shape index (κ3) is 4.62. The molecule has 2 aromatic rings. The lowest BCUT2D eigenvalue weighted by molar-refractivity contribution is 0.0172. The zero-order valence-corrected chi connectivity index (χ0v) is 15.3. The summed E-state index contributed by atoms with van der Waals surface area (Å²) in [5.74, 6) is 0.424. The number of anilines is 1. The van der Waals surface area contributed by atoms with Crippen LogP contribution in [0, 0.1) is 5.92 Å². The number of rotatable bonds is 3. The second-order valence-electron chi connectivity index (χ2n) is 7.69. The lowest BCUT2D eigenvalue weighted by Gasteiger charge is -2.34. The zero-order valence-electron chi connectivity index (χ0n) is 15.3. The molecule has 5 nitrogen and oxygen atoms in total. The Labute approximate surface area is 149 Å². The van der Waals surface area contributed by atoms with Gasteiger partial charge in [-0.2, -0.15) is 0 Å². The molecular weight excluding hydrogens is 314 g/mol. The van der Waals surface area contributed by atoms with Gasteiger partial charge in [-0.15, -0.1) is 0 Å². The smallest absolute Gasteiger partial charge is 0.410 e. The first kappa shape index (κ1) is 17.5. The highest BCUT2D eigenvalue weighted by Crippen LogP contribution is 2.24. The van der Waals surface area contributed by atoms with Crippen LogP contribution in [0.25, 0.3) is 10.9 Å². The highest BCUT2D eigenvalue weighted by atomic mass is 16.6. The highest BCUT2D eigenvalue weighted by molar-refractivity contribution is 5.91. The summed E-state index contributed by atoms with van der Waals surface area (Å²) in [4.78, 5) is 18.5. The van der Waals surface area contributed by atoms with Crippen LogP contribution in [0.2, 0.25) is 0 Å². The van der Waals surface area contributed by atoms with Gasteiger partial charge in [0, 0.05) is 36.9 Å². The lowest BCUT2D eigenvalue weighted by atomic mass is 9.98. The van der Waals surface area contributed by atoms with E-state index < -0.39 is 5.60 Å². The number of pyridine rings is 1. The van der Waals surface area contributed by atoms with Crippen LogP contribution in [0.4, 0.5) is 10.5 Å². The topological polar surface area (TPSA) is 54.5 Å². The molecule has 0 spiro atoms. The number of benzene rings is 1. The maximum absolute atomic E-state index is 12.3. The quantitative estimate of drug-likeness (QED) is 0.904. The lowest BCUT2D eigenvalue weighted by Crippen LogP contribution is -2.44. The Morgan fingerprint density at radius 1 is 1.32 bits per heavy atom. The number of ether oxygens (including phenoxy) is 1. The molecule has 1 aliphatic rings. The molecule has 1 aromatic carbocycles. The Hall–Kier alpha value is -2.30. The van der Waals surface area contributed by atoms with E-state index in [1.54, 1.807) is 0 Å². The van der Waals surface area contributed by atoms with Crippen molar-refractivity contribution in [1.29, 1.82) is 0 Å². The fourth-order valence-corrected chi connectivity index (χ4v) is 3.24. The van der Waals surface area contributed by atoms with E-state index in [1.165, 1.54) is 0 Å². The third-order valence-electron chi connectivity index (χ3n) is 4.40. The van der Waals surface area contributed by atoms with Gasteiger partial charge in [-0.3, -0.25) is 4.98 Å². The predicted octanol–water partition coefficient (Wildman–Crippen LogP) is 4.29. The van der Waals surface area contributed by atoms with Crippen molar-refractivity contribution in [1.82, 2.24) is 9.88 Å². The van der Waals surface area contributed by atoms with E-state index in [9.17, 15) is 4.79 Å². The molecule has 1 fully saturated rings. The maximum Gasteiger partial charge on any atom is 0.410 e. The fourth-order valence-electron chi connectivity index (χ4n) is 3.24. The zero-order chi connectivity index (χ0) is 17.9. The van der Waals surface area contributed by atoms with Gasteiger partial charge in [0.2, 0.25) is 0 Å².